The molecule has 0 aliphatic carbocycles. The number of allylic oxidation sites excluding steroid dienone is 1. The fourth-order valence-electron chi connectivity index (χ4n) is 2.50. The minimum absolute atomic E-state index is 0.164. The summed E-state index contributed by atoms with van der Waals surface area (Å²) >= 11 is 0. The van der Waals surface area contributed by atoms with Crippen LogP contribution in [0, 0.1) is 0 Å². The number of aromatic nitrogens is 1. The number of rotatable bonds is 3. The van der Waals surface area contributed by atoms with Crippen LogP contribution < -0.4 is 5.32 Å². The zero-order valence-electron chi connectivity index (χ0n) is 13.3. The van der Waals surface area contributed by atoms with E-state index in [4.69, 9.17) is 0 Å². The van der Waals surface area contributed by atoms with Crippen LogP contribution in [0.2, 0.25) is 0 Å². The molecule has 128 valence electrons. The molecule has 0 atom stereocenters. The Bertz CT molecular complexity index is 937. The SMILES string of the molecule is Cn1ccc2cc(NC(=O)c3ccc(/C=C/C(F)(F)F)cc3)ccc21. The van der Waals surface area contributed by atoms with Gasteiger partial charge in [-0.25, -0.2) is 0 Å². The van der Waals surface area contributed by atoms with Crippen molar-refractivity contribution in [3.63, 3.8) is 0 Å². The number of carbonyl (C=O) groups excluding carboxylic acids is 1. The molecular formula is C19H15F3N2O. The highest BCUT2D eigenvalue weighted by Gasteiger charge is 2.21. The molecule has 0 fully saturated rings. The van der Waals surface area contributed by atoms with Gasteiger partial charge in [0, 0.05) is 41.5 Å². The summed E-state index contributed by atoms with van der Waals surface area (Å²) in [5.41, 5.74) is 2.46. The van der Waals surface area contributed by atoms with Gasteiger partial charge in [-0.15, -0.1) is 0 Å². The van der Waals surface area contributed by atoms with Gasteiger partial charge in [-0.05, 0) is 42.0 Å². The standard InChI is InChI=1S/C19H15F3N2O/c1-24-11-9-15-12-16(6-7-17(15)24)23-18(25)14-4-2-13(3-5-14)8-10-19(20,21)22/h2-12H,1H3,(H,23,25)/b10-8+. The van der Waals surface area contributed by atoms with Crippen LogP contribution in [0.3, 0.4) is 0 Å². The van der Waals surface area contributed by atoms with Crippen molar-refractivity contribution in [1.82, 2.24) is 4.57 Å². The largest absolute Gasteiger partial charge is 0.409 e. The second-order valence-electron chi connectivity index (χ2n) is 5.65. The molecule has 0 bridgehead atoms. The summed E-state index contributed by atoms with van der Waals surface area (Å²) in [6, 6.07) is 13.5. The van der Waals surface area contributed by atoms with Crippen LogP contribution in [0.4, 0.5) is 18.9 Å². The lowest BCUT2D eigenvalue weighted by molar-refractivity contribution is -0.0790. The third kappa shape index (κ3) is 4.09. The Hall–Kier alpha value is -3.02. The first-order valence-corrected chi connectivity index (χ1v) is 7.54. The van der Waals surface area contributed by atoms with E-state index in [1.807, 2.05) is 36.0 Å². The van der Waals surface area contributed by atoms with E-state index < -0.39 is 6.18 Å². The molecule has 0 saturated carbocycles. The molecule has 3 nitrogen and oxygen atoms in total. The van der Waals surface area contributed by atoms with Crippen LogP contribution in [-0.2, 0) is 7.05 Å². The molecule has 1 amide bonds. The van der Waals surface area contributed by atoms with Gasteiger partial charge in [-0.1, -0.05) is 18.2 Å². The Kier molecular flexibility index (Phi) is 4.35. The van der Waals surface area contributed by atoms with Gasteiger partial charge in [-0.2, -0.15) is 13.2 Å². The van der Waals surface area contributed by atoms with Gasteiger partial charge in [-0.3, -0.25) is 4.79 Å². The van der Waals surface area contributed by atoms with Gasteiger partial charge in [0.25, 0.3) is 5.91 Å². The highest BCUT2D eigenvalue weighted by molar-refractivity contribution is 6.05. The molecule has 0 saturated heterocycles. The number of alkyl halides is 3. The number of anilines is 1. The molecule has 2 aromatic carbocycles. The normalized spacial score (nSPS) is 12.0. The van der Waals surface area contributed by atoms with Crippen LogP contribution in [-0.4, -0.2) is 16.7 Å². The number of aryl methyl sites for hydroxylation is 1. The lowest BCUT2D eigenvalue weighted by Gasteiger charge is -2.06. The number of halogens is 3. The van der Waals surface area contributed by atoms with E-state index in [-0.39, 0.29) is 12.0 Å². The monoisotopic (exact) mass is 344 g/mol. The van der Waals surface area contributed by atoms with Crippen molar-refractivity contribution in [3.05, 3.63) is 71.9 Å². The number of hydrogen-bond donors (Lipinski definition) is 1. The fraction of sp³-hybridized carbons (Fsp3) is 0.105. The van der Waals surface area contributed by atoms with Gasteiger partial charge >= 0.3 is 6.18 Å². The molecule has 0 radical (unpaired) electrons. The van der Waals surface area contributed by atoms with Crippen LogP contribution >= 0.6 is 0 Å². The van der Waals surface area contributed by atoms with E-state index in [1.165, 1.54) is 24.3 Å². The Morgan fingerprint density at radius 3 is 2.48 bits per heavy atom. The van der Waals surface area contributed by atoms with Gasteiger partial charge in [0.15, 0.2) is 0 Å². The lowest BCUT2D eigenvalue weighted by Crippen LogP contribution is -2.11. The van der Waals surface area contributed by atoms with Gasteiger partial charge in [0.05, 0.1) is 0 Å². The van der Waals surface area contributed by atoms with Crippen molar-refractivity contribution in [2.75, 3.05) is 5.32 Å². The minimum atomic E-state index is -4.36. The third-order valence-electron chi connectivity index (χ3n) is 3.78. The Morgan fingerprint density at radius 2 is 1.80 bits per heavy atom. The molecule has 0 aliphatic heterocycles. The summed E-state index contributed by atoms with van der Waals surface area (Å²) in [5.74, 6) is -0.318. The summed E-state index contributed by atoms with van der Waals surface area (Å²) in [5, 5.41) is 3.80. The first-order valence-electron chi connectivity index (χ1n) is 7.54. The molecule has 0 unspecified atom stereocenters. The number of amides is 1. The minimum Gasteiger partial charge on any atom is -0.351 e. The van der Waals surface area contributed by atoms with E-state index in [0.29, 0.717) is 16.8 Å². The summed E-state index contributed by atoms with van der Waals surface area (Å²) in [6.45, 7) is 0. The third-order valence-corrected chi connectivity index (χ3v) is 3.78. The average molecular weight is 344 g/mol. The number of nitrogens with one attached hydrogen (secondary N) is 1. The topological polar surface area (TPSA) is 34.0 Å². The molecule has 0 aliphatic rings. The maximum Gasteiger partial charge on any atom is 0.409 e. The second kappa shape index (κ2) is 6.47. The number of benzene rings is 2. The summed E-state index contributed by atoms with van der Waals surface area (Å²) < 4.78 is 38.4. The second-order valence-corrected chi connectivity index (χ2v) is 5.65. The number of fused-ring (bicyclic) bond motifs is 1. The van der Waals surface area contributed by atoms with Crippen LogP contribution in [0.25, 0.3) is 17.0 Å². The Morgan fingerprint density at radius 1 is 1.08 bits per heavy atom. The van der Waals surface area contributed by atoms with Crippen molar-refractivity contribution in [1.29, 1.82) is 0 Å². The molecule has 0 spiro atoms. The van der Waals surface area contributed by atoms with Crippen molar-refractivity contribution >= 4 is 28.6 Å². The zero-order valence-corrected chi connectivity index (χ0v) is 13.3. The summed E-state index contributed by atoms with van der Waals surface area (Å²) in [6.07, 6.45) is -1.29. The number of nitrogens with zero attached hydrogens (tertiary/aromatic N) is 1. The molecule has 3 aromatic rings. The first kappa shape index (κ1) is 16.8. The predicted molar refractivity (Wildman–Crippen MR) is 92.4 cm³/mol. The predicted octanol–water partition coefficient (Wildman–Crippen LogP) is 5.01. The molecule has 3 rings (SSSR count). The molecule has 1 aromatic heterocycles. The van der Waals surface area contributed by atoms with Crippen LogP contribution in [0.15, 0.2) is 60.8 Å². The quantitative estimate of drug-likeness (QED) is 0.712. The summed E-state index contributed by atoms with van der Waals surface area (Å²) in [7, 11) is 1.94. The van der Waals surface area contributed by atoms with Gasteiger partial charge in [0.2, 0.25) is 0 Å². The maximum atomic E-state index is 12.3. The van der Waals surface area contributed by atoms with Gasteiger partial charge in [0.1, 0.15) is 0 Å². The van der Waals surface area contributed by atoms with E-state index in [1.54, 1.807) is 6.07 Å². The van der Waals surface area contributed by atoms with E-state index >= 15 is 0 Å². The smallest absolute Gasteiger partial charge is 0.351 e. The number of carbonyl (C=O) groups is 1. The highest BCUT2D eigenvalue weighted by atomic mass is 19.4. The van der Waals surface area contributed by atoms with E-state index in [9.17, 15) is 18.0 Å². The number of hydrogen-bond acceptors (Lipinski definition) is 1. The lowest BCUT2D eigenvalue weighted by atomic mass is 10.1. The summed E-state index contributed by atoms with van der Waals surface area (Å²) in [4.78, 5) is 12.3. The molecule has 25 heavy (non-hydrogen) atoms. The van der Waals surface area contributed by atoms with E-state index in [0.717, 1.165) is 17.0 Å². The molecule has 1 N–H and O–H groups in total. The molecular weight excluding hydrogens is 329 g/mol. The van der Waals surface area contributed by atoms with Crippen molar-refractivity contribution in [2.24, 2.45) is 7.05 Å². The Balaban J connectivity index is 1.72. The van der Waals surface area contributed by atoms with Crippen molar-refractivity contribution in [3.8, 4) is 0 Å². The maximum absolute atomic E-state index is 12.3. The molecule has 1 heterocycles. The molecule has 6 heteroatoms. The zero-order chi connectivity index (χ0) is 18.0. The van der Waals surface area contributed by atoms with E-state index in [2.05, 4.69) is 5.32 Å². The Labute approximate surface area is 142 Å². The van der Waals surface area contributed by atoms with Crippen molar-refractivity contribution < 1.29 is 18.0 Å². The van der Waals surface area contributed by atoms with Crippen molar-refractivity contribution in [2.45, 2.75) is 6.18 Å². The highest BCUT2D eigenvalue weighted by Crippen LogP contribution is 2.21. The fourth-order valence-corrected chi connectivity index (χ4v) is 2.50. The average Bonchev–Trinajstić information content (AvgIpc) is 2.93. The van der Waals surface area contributed by atoms with Crippen LogP contribution in [0.1, 0.15) is 15.9 Å². The van der Waals surface area contributed by atoms with Gasteiger partial charge < -0.3 is 9.88 Å². The first-order chi connectivity index (χ1) is 11.8. The van der Waals surface area contributed by atoms with Crippen LogP contribution in [0.5, 0.6) is 0 Å².